The molecule has 0 aliphatic heterocycles. The van der Waals surface area contributed by atoms with Crippen molar-refractivity contribution in [1.29, 1.82) is 0 Å². The molecule has 0 fully saturated rings. The zero-order valence-corrected chi connectivity index (χ0v) is 10.4. The van der Waals surface area contributed by atoms with Crippen LogP contribution in [0, 0.1) is 0 Å². The third-order valence-electron chi connectivity index (χ3n) is 2.90. The van der Waals surface area contributed by atoms with Gasteiger partial charge in [-0.2, -0.15) is 0 Å². The van der Waals surface area contributed by atoms with E-state index in [2.05, 4.69) is 57.0 Å². The van der Waals surface area contributed by atoms with Gasteiger partial charge >= 0.3 is 0 Å². The first kappa shape index (κ1) is 12.7. The summed E-state index contributed by atoms with van der Waals surface area (Å²) in [7, 11) is 0. The Morgan fingerprint density at radius 2 is 1.81 bits per heavy atom. The van der Waals surface area contributed by atoms with Crippen LogP contribution < -0.4 is 0 Å². The van der Waals surface area contributed by atoms with E-state index in [-0.39, 0.29) is 5.41 Å². The Bertz CT molecular complexity index is 384. The lowest BCUT2D eigenvalue weighted by atomic mass is 9.84. The van der Waals surface area contributed by atoms with E-state index in [9.17, 15) is 4.79 Å². The third kappa shape index (κ3) is 3.04. The Labute approximate surface area is 97.4 Å². The van der Waals surface area contributed by atoms with Gasteiger partial charge in [-0.3, -0.25) is 0 Å². The van der Waals surface area contributed by atoms with Gasteiger partial charge in [0.05, 0.1) is 6.54 Å². The molecule has 0 aromatic heterocycles. The molecular weight excluding hydrogens is 198 g/mol. The molecule has 0 atom stereocenters. The van der Waals surface area contributed by atoms with E-state index in [1.807, 2.05) is 0 Å². The average Bonchev–Trinajstić information content (AvgIpc) is 2.26. The fourth-order valence-corrected chi connectivity index (χ4v) is 1.64. The van der Waals surface area contributed by atoms with E-state index < -0.39 is 0 Å². The monoisotopic (exact) mass is 217 g/mol. The van der Waals surface area contributed by atoms with Crippen molar-refractivity contribution in [2.24, 2.45) is 4.99 Å². The number of hydrogen-bond acceptors (Lipinski definition) is 2. The first-order valence-electron chi connectivity index (χ1n) is 5.61. The molecule has 2 nitrogen and oxygen atoms in total. The van der Waals surface area contributed by atoms with Crippen LogP contribution in [0.5, 0.6) is 0 Å². The summed E-state index contributed by atoms with van der Waals surface area (Å²) in [4.78, 5) is 13.8. The van der Waals surface area contributed by atoms with E-state index in [1.165, 1.54) is 11.1 Å². The van der Waals surface area contributed by atoms with Crippen LogP contribution >= 0.6 is 0 Å². The Kier molecular flexibility index (Phi) is 4.03. The van der Waals surface area contributed by atoms with Crippen molar-refractivity contribution in [1.82, 2.24) is 0 Å². The predicted molar refractivity (Wildman–Crippen MR) is 66.5 cm³/mol. The standard InChI is InChI=1S/C14H19NO/c1-11(2)12-5-7-13(8-6-12)14(3,4)9-15-10-16/h5-8,11H,9H2,1-4H3. The van der Waals surface area contributed by atoms with Gasteiger partial charge in [0.25, 0.3) is 0 Å². The highest BCUT2D eigenvalue weighted by atomic mass is 16.1. The Morgan fingerprint density at radius 3 is 2.25 bits per heavy atom. The molecule has 0 aliphatic rings. The highest BCUT2D eigenvalue weighted by Crippen LogP contribution is 2.25. The predicted octanol–water partition coefficient (Wildman–Crippen LogP) is 3.42. The lowest BCUT2D eigenvalue weighted by Gasteiger charge is -2.22. The number of isocyanates is 1. The molecule has 0 bridgehead atoms. The van der Waals surface area contributed by atoms with Crippen molar-refractivity contribution >= 4 is 6.08 Å². The highest BCUT2D eigenvalue weighted by molar-refractivity contribution is 5.35. The number of rotatable bonds is 4. The van der Waals surface area contributed by atoms with Gasteiger partial charge in [0.1, 0.15) is 0 Å². The molecule has 1 rings (SSSR count). The molecular formula is C14H19NO. The minimum atomic E-state index is -0.104. The average molecular weight is 217 g/mol. The minimum Gasteiger partial charge on any atom is -0.211 e. The molecule has 86 valence electrons. The van der Waals surface area contributed by atoms with E-state index >= 15 is 0 Å². The third-order valence-corrected chi connectivity index (χ3v) is 2.90. The second-order valence-corrected chi connectivity index (χ2v) is 5.07. The molecule has 0 saturated heterocycles. The number of carbonyl (C=O) groups excluding carboxylic acids is 1. The molecule has 0 aliphatic carbocycles. The van der Waals surface area contributed by atoms with E-state index in [0.29, 0.717) is 12.5 Å². The minimum absolute atomic E-state index is 0.104. The molecule has 0 saturated carbocycles. The number of nitrogens with zero attached hydrogens (tertiary/aromatic N) is 1. The fourth-order valence-electron chi connectivity index (χ4n) is 1.64. The second kappa shape index (κ2) is 5.09. The number of aliphatic imine (C=N–C) groups is 1. The van der Waals surface area contributed by atoms with Gasteiger partial charge < -0.3 is 0 Å². The maximum absolute atomic E-state index is 10.1. The van der Waals surface area contributed by atoms with Crippen LogP contribution in [0.1, 0.15) is 44.7 Å². The maximum atomic E-state index is 10.1. The van der Waals surface area contributed by atoms with Gasteiger partial charge in [-0.1, -0.05) is 52.0 Å². The Hall–Kier alpha value is -1.40. The van der Waals surface area contributed by atoms with Gasteiger partial charge in [-0.25, -0.2) is 9.79 Å². The lowest BCUT2D eigenvalue weighted by molar-refractivity contribution is 0.526. The molecule has 0 N–H and O–H groups in total. The summed E-state index contributed by atoms with van der Waals surface area (Å²) in [6.07, 6.45) is 1.60. The van der Waals surface area contributed by atoms with Gasteiger partial charge in [-0.15, -0.1) is 0 Å². The highest BCUT2D eigenvalue weighted by Gasteiger charge is 2.20. The zero-order valence-electron chi connectivity index (χ0n) is 10.4. The van der Waals surface area contributed by atoms with Crippen molar-refractivity contribution in [2.45, 2.75) is 39.0 Å². The summed E-state index contributed by atoms with van der Waals surface area (Å²) in [5.41, 5.74) is 2.43. The van der Waals surface area contributed by atoms with Crippen molar-refractivity contribution in [3.8, 4) is 0 Å². The lowest BCUT2D eigenvalue weighted by Crippen LogP contribution is -2.21. The zero-order chi connectivity index (χ0) is 12.2. The van der Waals surface area contributed by atoms with Gasteiger partial charge in [0.15, 0.2) is 0 Å². The quantitative estimate of drug-likeness (QED) is 0.561. The SMILES string of the molecule is CC(C)c1ccc(C(C)(C)CN=C=O)cc1. The van der Waals surface area contributed by atoms with Crippen LogP contribution in [0.3, 0.4) is 0 Å². The smallest absolute Gasteiger partial charge is 0.211 e. The molecule has 0 amide bonds. The van der Waals surface area contributed by atoms with Crippen LogP contribution in [-0.2, 0) is 10.2 Å². The van der Waals surface area contributed by atoms with Crippen molar-refractivity contribution < 1.29 is 4.79 Å². The first-order chi connectivity index (χ1) is 7.47. The van der Waals surface area contributed by atoms with Crippen LogP contribution in [0.15, 0.2) is 29.3 Å². The first-order valence-corrected chi connectivity index (χ1v) is 5.61. The molecule has 0 radical (unpaired) electrons. The summed E-state index contributed by atoms with van der Waals surface area (Å²) >= 11 is 0. The largest absolute Gasteiger partial charge is 0.234 e. The Morgan fingerprint density at radius 1 is 1.25 bits per heavy atom. The van der Waals surface area contributed by atoms with Crippen molar-refractivity contribution in [3.05, 3.63) is 35.4 Å². The van der Waals surface area contributed by atoms with Crippen LogP contribution in [0.4, 0.5) is 0 Å². The van der Waals surface area contributed by atoms with Gasteiger partial charge in [0.2, 0.25) is 6.08 Å². The molecule has 0 heterocycles. The van der Waals surface area contributed by atoms with Crippen molar-refractivity contribution in [2.75, 3.05) is 6.54 Å². The summed E-state index contributed by atoms with van der Waals surface area (Å²) in [5, 5.41) is 0. The molecule has 1 aromatic carbocycles. The van der Waals surface area contributed by atoms with Crippen LogP contribution in [-0.4, -0.2) is 12.6 Å². The number of hydrogen-bond donors (Lipinski definition) is 0. The molecule has 0 unspecified atom stereocenters. The van der Waals surface area contributed by atoms with E-state index in [0.717, 1.165) is 0 Å². The van der Waals surface area contributed by atoms with Gasteiger partial charge in [-0.05, 0) is 17.0 Å². The van der Waals surface area contributed by atoms with E-state index in [4.69, 9.17) is 0 Å². The Balaban J connectivity index is 2.92. The molecule has 1 aromatic rings. The maximum Gasteiger partial charge on any atom is 0.234 e. The number of benzene rings is 1. The van der Waals surface area contributed by atoms with Gasteiger partial charge in [0, 0.05) is 5.41 Å². The topological polar surface area (TPSA) is 29.4 Å². The molecule has 16 heavy (non-hydrogen) atoms. The van der Waals surface area contributed by atoms with Crippen molar-refractivity contribution in [3.63, 3.8) is 0 Å². The fraction of sp³-hybridized carbons (Fsp3) is 0.500. The molecule has 2 heteroatoms. The van der Waals surface area contributed by atoms with Crippen LogP contribution in [0.25, 0.3) is 0 Å². The van der Waals surface area contributed by atoms with Crippen LogP contribution in [0.2, 0.25) is 0 Å². The summed E-state index contributed by atoms with van der Waals surface area (Å²) in [5.74, 6) is 0.546. The summed E-state index contributed by atoms with van der Waals surface area (Å²) in [6.45, 7) is 9.00. The molecule has 0 spiro atoms. The second-order valence-electron chi connectivity index (χ2n) is 5.07. The summed E-state index contributed by atoms with van der Waals surface area (Å²) < 4.78 is 0. The normalized spacial score (nSPS) is 11.3. The van der Waals surface area contributed by atoms with E-state index in [1.54, 1.807) is 6.08 Å². The summed E-state index contributed by atoms with van der Waals surface area (Å²) in [6, 6.07) is 8.53.